The Morgan fingerprint density at radius 2 is 2.11 bits per heavy atom. The molecule has 104 valence electrons. The predicted molar refractivity (Wildman–Crippen MR) is 73.7 cm³/mol. The molecule has 0 radical (unpaired) electrons. The Morgan fingerprint density at radius 1 is 1.42 bits per heavy atom. The second-order valence-corrected chi connectivity index (χ2v) is 5.17. The van der Waals surface area contributed by atoms with Crippen LogP contribution in [0.15, 0.2) is 28.7 Å². The number of rotatable bonds is 6. The average molecular weight is 330 g/mol. The number of aliphatic hydroxyl groups is 1. The van der Waals surface area contributed by atoms with E-state index in [9.17, 15) is 14.7 Å². The van der Waals surface area contributed by atoms with Crippen molar-refractivity contribution >= 4 is 27.8 Å². The van der Waals surface area contributed by atoms with Crippen molar-refractivity contribution in [3.05, 3.63) is 34.3 Å². The molecule has 1 rings (SSSR count). The number of aryl methyl sites for hydroxylation is 1. The van der Waals surface area contributed by atoms with Gasteiger partial charge in [0.15, 0.2) is 6.04 Å². The van der Waals surface area contributed by atoms with Crippen LogP contribution in [0, 0.1) is 0 Å². The average Bonchev–Trinajstić information content (AvgIpc) is 2.32. The highest BCUT2D eigenvalue weighted by molar-refractivity contribution is 9.10. The van der Waals surface area contributed by atoms with Gasteiger partial charge in [-0.15, -0.1) is 0 Å². The van der Waals surface area contributed by atoms with E-state index in [1.165, 1.54) is 6.92 Å². The van der Waals surface area contributed by atoms with E-state index < -0.39 is 24.0 Å². The lowest BCUT2D eigenvalue weighted by Gasteiger charge is -2.16. The van der Waals surface area contributed by atoms with Gasteiger partial charge in [0.2, 0.25) is 5.91 Å². The van der Waals surface area contributed by atoms with Crippen LogP contribution in [-0.4, -0.2) is 34.2 Å². The normalized spacial score (nSPS) is 13.6. The van der Waals surface area contributed by atoms with Crippen LogP contribution in [0.2, 0.25) is 0 Å². The molecule has 2 unspecified atom stereocenters. The van der Waals surface area contributed by atoms with E-state index in [1.807, 2.05) is 24.3 Å². The number of halogens is 1. The molecule has 1 aromatic carbocycles. The molecule has 0 fully saturated rings. The number of carboxylic acids is 1. The van der Waals surface area contributed by atoms with Gasteiger partial charge in [-0.05, 0) is 31.0 Å². The fourth-order valence-electron chi connectivity index (χ4n) is 1.58. The van der Waals surface area contributed by atoms with E-state index in [-0.39, 0.29) is 6.42 Å². The van der Waals surface area contributed by atoms with Crippen molar-refractivity contribution in [2.24, 2.45) is 0 Å². The lowest BCUT2D eigenvalue weighted by Crippen LogP contribution is -2.47. The number of carboxylic acid groups (broad SMARTS) is 1. The van der Waals surface area contributed by atoms with E-state index >= 15 is 0 Å². The maximum Gasteiger partial charge on any atom is 0.328 e. The molecule has 19 heavy (non-hydrogen) atoms. The largest absolute Gasteiger partial charge is 0.480 e. The third-order valence-corrected chi connectivity index (χ3v) is 3.09. The van der Waals surface area contributed by atoms with Crippen molar-refractivity contribution in [2.45, 2.75) is 31.9 Å². The number of nitrogens with one attached hydrogen (secondary N) is 1. The number of benzene rings is 1. The Labute approximate surface area is 119 Å². The van der Waals surface area contributed by atoms with Crippen LogP contribution in [0.5, 0.6) is 0 Å². The maximum atomic E-state index is 11.6. The van der Waals surface area contributed by atoms with Crippen LogP contribution in [-0.2, 0) is 16.0 Å². The Hall–Kier alpha value is -1.40. The Kier molecular flexibility index (Phi) is 5.98. The monoisotopic (exact) mass is 329 g/mol. The summed E-state index contributed by atoms with van der Waals surface area (Å²) in [5, 5.41) is 20.4. The molecule has 0 aromatic heterocycles. The van der Waals surface area contributed by atoms with Gasteiger partial charge in [-0.25, -0.2) is 4.79 Å². The Balaban J connectivity index is 2.49. The summed E-state index contributed by atoms with van der Waals surface area (Å²) in [6.07, 6.45) is -0.447. The van der Waals surface area contributed by atoms with Gasteiger partial charge in [0.25, 0.3) is 0 Å². The van der Waals surface area contributed by atoms with E-state index in [2.05, 4.69) is 21.2 Å². The van der Waals surface area contributed by atoms with Crippen LogP contribution < -0.4 is 5.32 Å². The first-order chi connectivity index (χ1) is 8.90. The Bertz CT molecular complexity index is 462. The number of carbonyl (C=O) groups excluding carboxylic acids is 1. The molecule has 5 nitrogen and oxygen atoms in total. The van der Waals surface area contributed by atoms with Gasteiger partial charge in [-0.3, -0.25) is 4.79 Å². The fraction of sp³-hybridized carbons (Fsp3) is 0.385. The molecule has 0 bridgehead atoms. The number of aliphatic hydroxyl groups excluding tert-OH is 1. The second kappa shape index (κ2) is 7.25. The molecule has 6 heteroatoms. The zero-order valence-corrected chi connectivity index (χ0v) is 12.1. The molecule has 0 spiro atoms. The van der Waals surface area contributed by atoms with E-state index in [0.29, 0.717) is 6.42 Å². The standard InChI is InChI=1S/C13H16BrNO4/c1-8(16)12(13(18)19)15-11(17)6-5-9-3-2-4-10(14)7-9/h2-4,7-8,12,16H,5-6H2,1H3,(H,15,17)(H,18,19). The SMILES string of the molecule is CC(O)C(NC(=O)CCc1cccc(Br)c1)C(=O)O. The van der Waals surface area contributed by atoms with Crippen molar-refractivity contribution in [2.75, 3.05) is 0 Å². The van der Waals surface area contributed by atoms with Gasteiger partial charge in [0, 0.05) is 10.9 Å². The molecule has 3 N–H and O–H groups in total. The van der Waals surface area contributed by atoms with Crippen molar-refractivity contribution < 1.29 is 19.8 Å². The predicted octanol–water partition coefficient (Wildman–Crippen LogP) is 1.33. The first-order valence-electron chi connectivity index (χ1n) is 5.85. The van der Waals surface area contributed by atoms with E-state index in [1.54, 1.807) is 0 Å². The zero-order chi connectivity index (χ0) is 14.4. The topological polar surface area (TPSA) is 86.6 Å². The van der Waals surface area contributed by atoms with Crippen molar-refractivity contribution in [3.63, 3.8) is 0 Å². The molecule has 0 aliphatic heterocycles. The molecule has 1 aromatic rings. The summed E-state index contributed by atoms with van der Waals surface area (Å²) in [6.45, 7) is 1.33. The summed E-state index contributed by atoms with van der Waals surface area (Å²) >= 11 is 3.34. The molecule has 0 heterocycles. The molecule has 0 aliphatic rings. The van der Waals surface area contributed by atoms with Crippen LogP contribution >= 0.6 is 15.9 Å². The molecule has 2 atom stereocenters. The third-order valence-electron chi connectivity index (χ3n) is 2.59. The first kappa shape index (κ1) is 15.7. The number of amides is 1. The molecule has 0 saturated carbocycles. The minimum atomic E-state index is -1.27. The maximum absolute atomic E-state index is 11.6. The zero-order valence-electron chi connectivity index (χ0n) is 10.5. The lowest BCUT2D eigenvalue weighted by atomic mass is 10.1. The lowest BCUT2D eigenvalue weighted by molar-refractivity contribution is -0.144. The smallest absolute Gasteiger partial charge is 0.328 e. The fourth-order valence-corrected chi connectivity index (χ4v) is 2.03. The first-order valence-corrected chi connectivity index (χ1v) is 6.64. The van der Waals surface area contributed by atoms with Crippen molar-refractivity contribution in [1.82, 2.24) is 5.32 Å². The van der Waals surface area contributed by atoms with Gasteiger partial charge in [-0.2, -0.15) is 0 Å². The third kappa shape index (κ3) is 5.40. The summed E-state index contributed by atoms with van der Waals surface area (Å²) in [5.74, 6) is -1.64. The van der Waals surface area contributed by atoms with Gasteiger partial charge in [0.1, 0.15) is 0 Å². The number of aliphatic carboxylic acids is 1. The van der Waals surface area contributed by atoms with E-state index in [4.69, 9.17) is 5.11 Å². The number of hydrogen-bond acceptors (Lipinski definition) is 3. The number of carbonyl (C=O) groups is 2. The van der Waals surface area contributed by atoms with Gasteiger partial charge in [-0.1, -0.05) is 28.1 Å². The van der Waals surface area contributed by atoms with Gasteiger partial charge in [0.05, 0.1) is 6.10 Å². The highest BCUT2D eigenvalue weighted by atomic mass is 79.9. The van der Waals surface area contributed by atoms with Crippen molar-refractivity contribution in [1.29, 1.82) is 0 Å². The summed E-state index contributed by atoms with van der Waals surface area (Å²) < 4.78 is 0.929. The second-order valence-electron chi connectivity index (χ2n) is 4.25. The minimum Gasteiger partial charge on any atom is -0.480 e. The molecule has 1 amide bonds. The van der Waals surface area contributed by atoms with Gasteiger partial charge >= 0.3 is 5.97 Å². The molecule has 0 saturated heterocycles. The van der Waals surface area contributed by atoms with Crippen LogP contribution in [0.25, 0.3) is 0 Å². The molecular formula is C13H16BrNO4. The van der Waals surface area contributed by atoms with Crippen LogP contribution in [0.1, 0.15) is 18.9 Å². The summed E-state index contributed by atoms with van der Waals surface area (Å²) in [7, 11) is 0. The van der Waals surface area contributed by atoms with E-state index in [0.717, 1.165) is 10.0 Å². The minimum absolute atomic E-state index is 0.174. The highest BCUT2D eigenvalue weighted by Gasteiger charge is 2.24. The summed E-state index contributed by atoms with van der Waals surface area (Å²) in [4.78, 5) is 22.4. The van der Waals surface area contributed by atoms with Gasteiger partial charge < -0.3 is 15.5 Å². The van der Waals surface area contributed by atoms with Crippen LogP contribution in [0.3, 0.4) is 0 Å². The quantitative estimate of drug-likeness (QED) is 0.734. The summed E-state index contributed by atoms with van der Waals surface area (Å²) in [6, 6.07) is 6.28. The van der Waals surface area contributed by atoms with Crippen molar-refractivity contribution in [3.8, 4) is 0 Å². The molecular weight excluding hydrogens is 314 g/mol. The summed E-state index contributed by atoms with van der Waals surface area (Å²) in [5.41, 5.74) is 0.980. The highest BCUT2D eigenvalue weighted by Crippen LogP contribution is 2.13. The number of hydrogen-bond donors (Lipinski definition) is 3. The van der Waals surface area contributed by atoms with Crippen LogP contribution in [0.4, 0.5) is 0 Å². The molecule has 0 aliphatic carbocycles. The Morgan fingerprint density at radius 3 is 2.63 bits per heavy atom.